The Morgan fingerprint density at radius 1 is 1.40 bits per heavy atom. The summed E-state index contributed by atoms with van der Waals surface area (Å²) in [6.45, 7) is 2.14. The SMILES string of the molecule is CO/N=C/CCO[PH](O)(NCCN)N(CCCl)CCCl. The van der Waals surface area contributed by atoms with E-state index < -0.39 is 8.02 Å². The van der Waals surface area contributed by atoms with Gasteiger partial charge in [0.25, 0.3) is 0 Å². The molecule has 0 aliphatic carbocycles. The summed E-state index contributed by atoms with van der Waals surface area (Å²) in [7, 11) is -1.80. The van der Waals surface area contributed by atoms with Crippen molar-refractivity contribution in [2.24, 2.45) is 10.9 Å². The number of nitrogens with one attached hydrogen (secondary N) is 1. The van der Waals surface area contributed by atoms with Crippen LogP contribution in [0.1, 0.15) is 6.42 Å². The number of hydrogen-bond acceptors (Lipinski definition) is 7. The molecule has 0 fully saturated rings. The van der Waals surface area contributed by atoms with Crippen LogP contribution in [0.25, 0.3) is 0 Å². The maximum atomic E-state index is 10.7. The number of halogens is 2. The van der Waals surface area contributed by atoms with Crippen molar-refractivity contribution < 1.29 is 14.3 Å². The molecule has 0 saturated heterocycles. The Morgan fingerprint density at radius 3 is 2.55 bits per heavy atom. The molecular weight excluding hydrogens is 326 g/mol. The van der Waals surface area contributed by atoms with Crippen molar-refractivity contribution in [3.05, 3.63) is 0 Å². The first-order valence-electron chi connectivity index (χ1n) is 6.38. The van der Waals surface area contributed by atoms with Gasteiger partial charge < -0.3 is 0 Å². The van der Waals surface area contributed by atoms with Crippen LogP contribution in [0.15, 0.2) is 5.16 Å². The Balaban J connectivity index is 4.54. The van der Waals surface area contributed by atoms with Gasteiger partial charge in [0, 0.05) is 0 Å². The fourth-order valence-corrected chi connectivity index (χ4v) is 4.39. The molecule has 20 heavy (non-hydrogen) atoms. The first kappa shape index (κ1) is 20.3. The molecule has 7 nitrogen and oxygen atoms in total. The summed E-state index contributed by atoms with van der Waals surface area (Å²) >= 11 is 11.5. The van der Waals surface area contributed by atoms with E-state index >= 15 is 0 Å². The van der Waals surface area contributed by atoms with Gasteiger partial charge in [-0.05, 0) is 0 Å². The zero-order valence-corrected chi connectivity index (χ0v) is 14.2. The second kappa shape index (κ2) is 13.0. The molecule has 0 heterocycles. The van der Waals surface area contributed by atoms with Gasteiger partial charge in [0.05, 0.1) is 0 Å². The zero-order chi connectivity index (χ0) is 15.3. The van der Waals surface area contributed by atoms with E-state index in [0.29, 0.717) is 51.0 Å². The monoisotopic (exact) mass is 350 g/mol. The fourth-order valence-electron chi connectivity index (χ4n) is 1.49. The van der Waals surface area contributed by atoms with E-state index in [1.165, 1.54) is 7.11 Å². The molecule has 4 N–H and O–H groups in total. The predicted molar refractivity (Wildman–Crippen MR) is 86.7 cm³/mol. The average molecular weight is 351 g/mol. The van der Waals surface area contributed by atoms with Gasteiger partial charge >= 0.3 is 130 Å². The molecule has 0 unspecified atom stereocenters. The van der Waals surface area contributed by atoms with E-state index in [2.05, 4.69) is 15.1 Å². The van der Waals surface area contributed by atoms with Crippen molar-refractivity contribution in [1.82, 2.24) is 9.76 Å². The van der Waals surface area contributed by atoms with E-state index in [4.69, 9.17) is 33.5 Å². The molecule has 0 aromatic rings. The van der Waals surface area contributed by atoms with Crippen molar-refractivity contribution in [3.8, 4) is 0 Å². The Kier molecular flexibility index (Phi) is 13.2. The van der Waals surface area contributed by atoms with Gasteiger partial charge in [-0.2, -0.15) is 0 Å². The molecule has 0 aliphatic rings. The normalized spacial score (nSPS) is 13.3. The van der Waals surface area contributed by atoms with Crippen molar-refractivity contribution in [2.75, 3.05) is 51.7 Å². The van der Waals surface area contributed by atoms with Crippen molar-refractivity contribution in [1.29, 1.82) is 0 Å². The van der Waals surface area contributed by atoms with Crippen LogP contribution in [0.2, 0.25) is 0 Å². The summed E-state index contributed by atoms with van der Waals surface area (Å²) in [5.41, 5.74) is 5.46. The molecule has 0 rings (SSSR count). The molecule has 0 amide bonds. The van der Waals surface area contributed by atoms with Crippen LogP contribution >= 0.6 is 31.2 Å². The van der Waals surface area contributed by atoms with Gasteiger partial charge in [-0.1, -0.05) is 0 Å². The van der Waals surface area contributed by atoms with Gasteiger partial charge in [-0.25, -0.2) is 0 Å². The molecule has 0 aromatic heterocycles. The Hall–Kier alpha value is 0.280. The third kappa shape index (κ3) is 8.54. The van der Waals surface area contributed by atoms with E-state index in [9.17, 15) is 4.89 Å². The molecule has 0 aromatic carbocycles. The Morgan fingerprint density at radius 2 is 2.05 bits per heavy atom. The van der Waals surface area contributed by atoms with Crippen LogP contribution in [0.5, 0.6) is 0 Å². The summed E-state index contributed by atoms with van der Waals surface area (Å²) in [6.07, 6.45) is 2.11. The van der Waals surface area contributed by atoms with Crippen molar-refractivity contribution >= 4 is 37.4 Å². The molecule has 10 heteroatoms. The first-order chi connectivity index (χ1) is 9.64. The van der Waals surface area contributed by atoms with E-state index in [-0.39, 0.29) is 0 Å². The standard InChI is InChI=1S/C10H25Cl2N4O3P/c1-18-14-6-2-10-19-20(17,15-7-5-13)16(8-3-11)9-4-12/h6,15,17,20H,2-5,7-10,13H2,1H3/b14-6+. The maximum absolute atomic E-state index is 10.7. The molecule has 0 radical (unpaired) electrons. The summed E-state index contributed by atoms with van der Waals surface area (Å²) in [5, 5.41) is 6.59. The van der Waals surface area contributed by atoms with Crippen LogP contribution in [0, 0.1) is 0 Å². The van der Waals surface area contributed by atoms with Crippen LogP contribution in [-0.4, -0.2) is 67.4 Å². The summed E-state index contributed by atoms with van der Waals surface area (Å²) in [4.78, 5) is 15.3. The summed E-state index contributed by atoms with van der Waals surface area (Å²) < 4.78 is 7.40. The van der Waals surface area contributed by atoms with Gasteiger partial charge in [0.1, 0.15) is 0 Å². The fraction of sp³-hybridized carbons (Fsp3) is 0.900. The first-order valence-corrected chi connectivity index (χ1v) is 9.25. The molecule has 0 bridgehead atoms. The minimum atomic E-state index is -3.27. The molecule has 0 spiro atoms. The van der Waals surface area contributed by atoms with Crippen molar-refractivity contribution in [2.45, 2.75) is 6.42 Å². The Bertz CT molecular complexity index is 261. The van der Waals surface area contributed by atoms with Crippen molar-refractivity contribution in [3.63, 3.8) is 0 Å². The number of hydrogen-bond donors (Lipinski definition) is 3. The third-order valence-corrected chi connectivity index (χ3v) is 5.33. The van der Waals surface area contributed by atoms with Crippen LogP contribution in [0.4, 0.5) is 0 Å². The van der Waals surface area contributed by atoms with E-state index in [1.54, 1.807) is 10.9 Å². The average Bonchev–Trinajstić information content (AvgIpc) is 2.45. The van der Waals surface area contributed by atoms with Gasteiger partial charge in [-0.3, -0.25) is 0 Å². The van der Waals surface area contributed by atoms with Crippen LogP contribution in [0.3, 0.4) is 0 Å². The number of nitrogens with two attached hydrogens (primary N) is 1. The molecule has 0 aliphatic heterocycles. The number of nitrogens with zero attached hydrogens (tertiary/aromatic N) is 2. The third-order valence-electron chi connectivity index (χ3n) is 2.37. The van der Waals surface area contributed by atoms with E-state index in [0.717, 1.165) is 0 Å². The summed E-state index contributed by atoms with van der Waals surface area (Å²) in [5.74, 6) is 0.760. The Labute approximate surface area is 131 Å². The second-order valence-electron chi connectivity index (χ2n) is 3.80. The topological polar surface area (TPSA) is 92.3 Å². The van der Waals surface area contributed by atoms with E-state index in [1.807, 2.05) is 0 Å². The number of alkyl halides is 2. The van der Waals surface area contributed by atoms with Gasteiger partial charge in [-0.15, -0.1) is 0 Å². The van der Waals surface area contributed by atoms with Gasteiger partial charge in [0.2, 0.25) is 0 Å². The zero-order valence-electron chi connectivity index (χ0n) is 11.7. The quantitative estimate of drug-likeness (QED) is 0.149. The summed E-state index contributed by atoms with van der Waals surface area (Å²) in [6, 6.07) is 0. The van der Waals surface area contributed by atoms with Crippen LogP contribution in [-0.2, 0) is 9.36 Å². The predicted octanol–water partition coefficient (Wildman–Crippen LogP) is 0.755. The minimum absolute atomic E-state index is 0.314. The van der Waals surface area contributed by atoms with Gasteiger partial charge in [0.15, 0.2) is 0 Å². The number of rotatable bonds is 13. The molecule has 0 atom stereocenters. The number of oxime groups is 1. The molecular formula is C10H25Cl2N4O3P. The molecule has 122 valence electrons. The van der Waals surface area contributed by atoms with Crippen LogP contribution < -0.4 is 10.8 Å². The second-order valence-corrected chi connectivity index (χ2v) is 7.04. The molecule has 0 saturated carbocycles.